The van der Waals surface area contributed by atoms with Gasteiger partial charge in [-0.2, -0.15) is 0 Å². The molecule has 0 spiro atoms. The molecule has 0 atom stereocenters. The third-order valence-corrected chi connectivity index (χ3v) is 5.43. The molecule has 0 radical (unpaired) electrons. The van der Waals surface area contributed by atoms with E-state index in [-0.39, 0.29) is 4.94 Å². The van der Waals surface area contributed by atoms with Gasteiger partial charge in [-0.25, -0.2) is 9.59 Å². The van der Waals surface area contributed by atoms with Crippen LogP contribution in [0.15, 0.2) is 51.7 Å². The number of fused-ring (bicyclic) bond motifs is 1. The van der Waals surface area contributed by atoms with Gasteiger partial charge in [-0.15, -0.1) is 0 Å². The van der Waals surface area contributed by atoms with Gasteiger partial charge in [-0.3, -0.25) is 0 Å². The maximum Gasteiger partial charge on any atom is 0.396 e. The summed E-state index contributed by atoms with van der Waals surface area (Å²) in [4.78, 5) is 23.2. The molecule has 0 aliphatic heterocycles. The van der Waals surface area contributed by atoms with E-state index in [2.05, 4.69) is 6.92 Å². The summed E-state index contributed by atoms with van der Waals surface area (Å²) in [6.45, 7) is 2.91. The summed E-state index contributed by atoms with van der Waals surface area (Å²) in [6, 6.07) is 11.8. The highest BCUT2D eigenvalue weighted by Gasteiger charge is 2.11. The summed E-state index contributed by atoms with van der Waals surface area (Å²) in [5, 5.41) is 0. The van der Waals surface area contributed by atoms with E-state index in [1.54, 1.807) is 42.5 Å². The lowest BCUT2D eigenvalue weighted by Gasteiger charge is -2.08. The summed E-state index contributed by atoms with van der Waals surface area (Å²) in [5.41, 5.74) is 0.847. The van der Waals surface area contributed by atoms with Crippen LogP contribution in [0.4, 0.5) is 0 Å². The lowest BCUT2D eigenvalue weighted by atomic mass is 10.1. The molecule has 0 amide bonds. The van der Waals surface area contributed by atoms with Crippen molar-refractivity contribution in [3.05, 3.63) is 57.8 Å². The van der Waals surface area contributed by atoms with Crippen molar-refractivity contribution < 1.29 is 18.7 Å². The summed E-state index contributed by atoms with van der Waals surface area (Å²) in [6.07, 6.45) is 8.70. The predicted octanol–water partition coefficient (Wildman–Crippen LogP) is 6.20. The van der Waals surface area contributed by atoms with Crippen LogP contribution in [0.2, 0.25) is 0 Å². The number of benzene rings is 2. The maximum absolute atomic E-state index is 12.3. The van der Waals surface area contributed by atoms with Gasteiger partial charge in [0.25, 0.3) is 0 Å². The molecule has 0 N–H and O–H groups in total. The Hall–Kier alpha value is -2.60. The second kappa shape index (κ2) is 10.8. The van der Waals surface area contributed by atoms with Crippen LogP contribution in [0.1, 0.15) is 62.2 Å². The van der Waals surface area contributed by atoms with E-state index in [1.165, 1.54) is 38.5 Å². The molecular formula is C23H26O5S. The number of unbranched alkanes of at least 4 members (excludes halogenated alkanes) is 6. The van der Waals surface area contributed by atoms with Crippen LogP contribution >= 0.6 is 11.3 Å². The van der Waals surface area contributed by atoms with E-state index in [4.69, 9.17) is 13.9 Å². The third-order valence-electron chi connectivity index (χ3n) is 4.62. The molecule has 154 valence electrons. The van der Waals surface area contributed by atoms with Gasteiger partial charge < -0.3 is 13.9 Å². The van der Waals surface area contributed by atoms with Crippen LogP contribution in [-0.4, -0.2) is 12.6 Å². The van der Waals surface area contributed by atoms with E-state index in [9.17, 15) is 9.59 Å². The second-order valence-electron chi connectivity index (χ2n) is 6.95. The molecule has 2 aromatic carbocycles. The van der Waals surface area contributed by atoms with Crippen molar-refractivity contribution in [1.29, 1.82) is 0 Å². The minimum atomic E-state index is -0.472. The molecule has 1 aromatic heterocycles. The molecule has 6 heteroatoms. The van der Waals surface area contributed by atoms with Crippen molar-refractivity contribution >= 4 is 27.6 Å². The van der Waals surface area contributed by atoms with Gasteiger partial charge in [0.2, 0.25) is 0 Å². The first-order valence-corrected chi connectivity index (χ1v) is 11.0. The van der Waals surface area contributed by atoms with E-state index in [0.29, 0.717) is 23.5 Å². The second-order valence-corrected chi connectivity index (χ2v) is 7.92. The van der Waals surface area contributed by atoms with E-state index < -0.39 is 5.97 Å². The van der Waals surface area contributed by atoms with Crippen LogP contribution < -0.4 is 14.4 Å². The molecule has 0 aliphatic carbocycles. The third kappa shape index (κ3) is 6.46. The van der Waals surface area contributed by atoms with E-state index in [0.717, 1.165) is 28.2 Å². The smallest absolute Gasteiger partial charge is 0.396 e. The van der Waals surface area contributed by atoms with E-state index >= 15 is 0 Å². The average molecular weight is 415 g/mol. The Morgan fingerprint density at radius 1 is 0.931 bits per heavy atom. The van der Waals surface area contributed by atoms with Crippen molar-refractivity contribution in [2.24, 2.45) is 0 Å². The number of carbonyl (C=O) groups is 1. The zero-order valence-corrected chi connectivity index (χ0v) is 17.5. The molecule has 3 rings (SSSR count). The highest BCUT2D eigenvalue weighted by Crippen LogP contribution is 2.23. The highest BCUT2D eigenvalue weighted by atomic mass is 32.1. The molecule has 29 heavy (non-hydrogen) atoms. The minimum Gasteiger partial charge on any atom is -0.494 e. The van der Waals surface area contributed by atoms with Gasteiger partial charge in [0.15, 0.2) is 5.58 Å². The Morgan fingerprint density at radius 3 is 2.38 bits per heavy atom. The Bertz CT molecular complexity index is 971. The standard InChI is InChI=1S/C23H26O5S/c1-2-3-4-5-6-7-8-15-26-18-11-9-17(10-12-18)22(24)27-19-13-14-21-20(16-19)28-23(25)29-21/h9-14,16H,2-8,15H2,1H3. The molecule has 0 aliphatic rings. The fourth-order valence-corrected chi connectivity index (χ4v) is 3.67. The molecule has 0 fully saturated rings. The van der Waals surface area contributed by atoms with Crippen molar-refractivity contribution in [3.63, 3.8) is 0 Å². The van der Waals surface area contributed by atoms with Gasteiger partial charge >= 0.3 is 10.9 Å². The molecule has 0 bridgehead atoms. The van der Waals surface area contributed by atoms with Crippen LogP contribution in [0.3, 0.4) is 0 Å². The summed E-state index contributed by atoms with van der Waals surface area (Å²) >= 11 is 1.01. The monoisotopic (exact) mass is 414 g/mol. The lowest BCUT2D eigenvalue weighted by Crippen LogP contribution is -2.08. The zero-order valence-electron chi connectivity index (χ0n) is 16.6. The van der Waals surface area contributed by atoms with Crippen LogP contribution in [0.5, 0.6) is 11.5 Å². The average Bonchev–Trinajstić information content (AvgIpc) is 3.09. The minimum absolute atomic E-state index is 0.336. The Kier molecular flexibility index (Phi) is 7.87. The van der Waals surface area contributed by atoms with Gasteiger partial charge in [0.1, 0.15) is 11.5 Å². The van der Waals surface area contributed by atoms with Gasteiger partial charge in [-0.05, 0) is 42.8 Å². The summed E-state index contributed by atoms with van der Waals surface area (Å²) < 4.78 is 16.9. The van der Waals surface area contributed by atoms with Crippen molar-refractivity contribution in [1.82, 2.24) is 0 Å². The van der Waals surface area contributed by atoms with Gasteiger partial charge in [-0.1, -0.05) is 56.8 Å². The lowest BCUT2D eigenvalue weighted by molar-refractivity contribution is 0.0735. The maximum atomic E-state index is 12.3. The van der Waals surface area contributed by atoms with Gasteiger partial charge in [0.05, 0.1) is 16.9 Å². The van der Waals surface area contributed by atoms with Crippen molar-refractivity contribution in [2.75, 3.05) is 6.61 Å². The largest absolute Gasteiger partial charge is 0.494 e. The number of ether oxygens (including phenoxy) is 2. The molecular weight excluding hydrogens is 388 g/mol. The molecule has 0 unspecified atom stereocenters. The fraction of sp³-hybridized carbons (Fsp3) is 0.391. The quantitative estimate of drug-likeness (QED) is 0.212. The van der Waals surface area contributed by atoms with Crippen LogP contribution in [-0.2, 0) is 0 Å². The first-order chi connectivity index (χ1) is 14.2. The summed E-state index contributed by atoms with van der Waals surface area (Å²) in [7, 11) is 0. The first kappa shape index (κ1) is 21.1. The van der Waals surface area contributed by atoms with Crippen molar-refractivity contribution in [2.45, 2.75) is 51.9 Å². The Morgan fingerprint density at radius 2 is 1.62 bits per heavy atom. The van der Waals surface area contributed by atoms with Crippen LogP contribution in [0, 0.1) is 0 Å². The first-order valence-electron chi connectivity index (χ1n) is 10.1. The Labute approximate surface area is 174 Å². The Balaban J connectivity index is 1.44. The number of esters is 1. The normalized spacial score (nSPS) is 10.9. The molecule has 0 saturated carbocycles. The topological polar surface area (TPSA) is 65.7 Å². The van der Waals surface area contributed by atoms with Crippen LogP contribution in [0.25, 0.3) is 10.3 Å². The molecule has 3 aromatic rings. The highest BCUT2D eigenvalue weighted by molar-refractivity contribution is 7.16. The molecule has 0 saturated heterocycles. The number of hydrogen-bond acceptors (Lipinski definition) is 6. The van der Waals surface area contributed by atoms with E-state index in [1.807, 2.05) is 0 Å². The number of rotatable bonds is 11. The number of hydrogen-bond donors (Lipinski definition) is 0. The SMILES string of the molecule is CCCCCCCCCOc1ccc(C(=O)Oc2ccc3sc(=O)oc3c2)cc1. The number of carbonyl (C=O) groups excluding carboxylic acids is 1. The molecule has 5 nitrogen and oxygen atoms in total. The zero-order chi connectivity index (χ0) is 20.5. The summed E-state index contributed by atoms with van der Waals surface area (Å²) in [5.74, 6) is 0.609. The van der Waals surface area contributed by atoms with Gasteiger partial charge in [0, 0.05) is 6.07 Å². The molecule has 1 heterocycles. The fourth-order valence-electron chi connectivity index (χ4n) is 3.02. The predicted molar refractivity (Wildman–Crippen MR) is 115 cm³/mol. The van der Waals surface area contributed by atoms with Crippen molar-refractivity contribution in [3.8, 4) is 11.5 Å².